The second kappa shape index (κ2) is 13.2. The van der Waals surface area contributed by atoms with Crippen LogP contribution in [0.3, 0.4) is 0 Å². The van der Waals surface area contributed by atoms with Crippen molar-refractivity contribution in [3.63, 3.8) is 0 Å². The van der Waals surface area contributed by atoms with E-state index in [0.29, 0.717) is 18.8 Å². The lowest BCUT2D eigenvalue weighted by Crippen LogP contribution is -2.42. The molecular weight excluding hydrogens is 522 g/mol. The van der Waals surface area contributed by atoms with Crippen molar-refractivity contribution in [3.8, 4) is 5.75 Å². The first-order valence-corrected chi connectivity index (χ1v) is 13.6. The largest absolute Gasteiger partial charge is 0.509 e. The summed E-state index contributed by atoms with van der Waals surface area (Å²) in [5, 5.41) is 13.8. The Bertz CT molecular complexity index is 1380. The number of aliphatic hydroxyl groups excluding tert-OH is 1. The van der Waals surface area contributed by atoms with E-state index < -0.39 is 46.9 Å². The molecule has 214 valence electrons. The summed E-state index contributed by atoms with van der Waals surface area (Å²) in [5.41, 5.74) is 1.51. The maximum atomic E-state index is 13.2. The van der Waals surface area contributed by atoms with Crippen LogP contribution in [0, 0.1) is 0 Å². The molecule has 0 aliphatic carbocycles. The van der Waals surface area contributed by atoms with E-state index in [1.165, 1.54) is 0 Å². The molecule has 0 spiro atoms. The van der Waals surface area contributed by atoms with E-state index in [4.69, 9.17) is 14.2 Å². The number of carbonyl (C=O) groups is 3. The first-order valence-electron chi connectivity index (χ1n) is 13.6. The van der Waals surface area contributed by atoms with Crippen LogP contribution in [0.1, 0.15) is 43.9 Å². The SMILES string of the molecule is CC(C)(C)OC(=O)NC(Cc1ccc(OCc2ccccc2)cc1)C(O)=C1C(=O)OC(CCc2ccccc2)C1=O. The summed E-state index contributed by atoms with van der Waals surface area (Å²) in [5.74, 6) is -1.43. The Kier molecular flexibility index (Phi) is 9.45. The molecule has 4 rings (SSSR count). The number of hydrogen-bond acceptors (Lipinski definition) is 7. The Labute approximate surface area is 239 Å². The van der Waals surface area contributed by atoms with Gasteiger partial charge in [0.05, 0.1) is 6.04 Å². The number of Topliss-reactive ketones (excluding diaryl/α,β-unsaturated/α-hetero) is 1. The van der Waals surface area contributed by atoms with E-state index in [1.807, 2.05) is 60.7 Å². The predicted octanol–water partition coefficient (Wildman–Crippen LogP) is 5.64. The van der Waals surface area contributed by atoms with Gasteiger partial charge in [0.25, 0.3) is 0 Å². The summed E-state index contributed by atoms with van der Waals surface area (Å²) in [6.45, 7) is 5.54. The van der Waals surface area contributed by atoms with Crippen molar-refractivity contribution in [3.05, 3.63) is 113 Å². The number of alkyl carbamates (subject to hydrolysis) is 1. The van der Waals surface area contributed by atoms with Crippen LogP contribution >= 0.6 is 0 Å². The summed E-state index contributed by atoms with van der Waals surface area (Å²) >= 11 is 0. The second-order valence-electron chi connectivity index (χ2n) is 10.9. The molecule has 8 nitrogen and oxygen atoms in total. The molecule has 1 fully saturated rings. The van der Waals surface area contributed by atoms with E-state index in [2.05, 4.69) is 5.32 Å². The lowest BCUT2D eigenvalue weighted by atomic mass is 9.97. The number of ether oxygens (including phenoxy) is 3. The van der Waals surface area contributed by atoms with Gasteiger partial charge in [0.15, 0.2) is 6.10 Å². The van der Waals surface area contributed by atoms with E-state index in [1.54, 1.807) is 45.0 Å². The Hall–Kier alpha value is -4.59. The third-order valence-electron chi connectivity index (χ3n) is 6.42. The summed E-state index contributed by atoms with van der Waals surface area (Å²) in [6.07, 6.45) is -0.917. The molecule has 0 aromatic heterocycles. The van der Waals surface area contributed by atoms with E-state index in [9.17, 15) is 19.5 Å². The molecule has 2 unspecified atom stereocenters. The van der Waals surface area contributed by atoms with Crippen molar-refractivity contribution < 1.29 is 33.7 Å². The highest BCUT2D eigenvalue weighted by atomic mass is 16.6. The summed E-state index contributed by atoms with van der Waals surface area (Å²) in [7, 11) is 0. The Morgan fingerprint density at radius 2 is 1.51 bits per heavy atom. The first-order chi connectivity index (χ1) is 19.6. The lowest BCUT2D eigenvalue weighted by Gasteiger charge is -2.24. The number of cyclic esters (lactones) is 1. The van der Waals surface area contributed by atoms with Gasteiger partial charge in [-0.2, -0.15) is 0 Å². The van der Waals surface area contributed by atoms with Crippen molar-refractivity contribution >= 4 is 17.8 Å². The van der Waals surface area contributed by atoms with E-state index in [-0.39, 0.29) is 12.8 Å². The molecule has 3 aromatic rings. The smallest absolute Gasteiger partial charge is 0.408 e. The Morgan fingerprint density at radius 3 is 2.12 bits per heavy atom. The topological polar surface area (TPSA) is 111 Å². The van der Waals surface area contributed by atoms with Gasteiger partial charge in [-0.05, 0) is 62.4 Å². The number of hydrogen-bond donors (Lipinski definition) is 2. The number of aryl methyl sites for hydroxylation is 1. The summed E-state index contributed by atoms with van der Waals surface area (Å²) in [6, 6.07) is 25.3. The standard InChI is InChI=1S/C33H35NO7/c1-33(2,3)41-32(38)34-26(20-23-14-17-25(18-15-23)39-21-24-12-8-5-9-13-24)29(35)28-30(36)27(40-31(28)37)19-16-22-10-6-4-7-11-22/h4-15,17-18,26-27,35H,16,19-21H2,1-3H3,(H,34,38). The van der Waals surface area contributed by atoms with Gasteiger partial charge in [0, 0.05) is 6.42 Å². The van der Waals surface area contributed by atoms with Gasteiger partial charge in [-0.3, -0.25) is 4.79 Å². The van der Waals surface area contributed by atoms with E-state index in [0.717, 1.165) is 16.7 Å². The molecule has 1 amide bonds. The van der Waals surface area contributed by atoms with Crippen LogP contribution in [-0.2, 0) is 38.5 Å². The number of esters is 1. The molecule has 1 heterocycles. The molecule has 0 saturated carbocycles. The summed E-state index contributed by atoms with van der Waals surface area (Å²) < 4.78 is 16.5. The average Bonchev–Trinajstić information content (AvgIpc) is 3.23. The quantitative estimate of drug-likeness (QED) is 0.144. The number of nitrogens with one attached hydrogen (secondary N) is 1. The molecule has 1 aliphatic heterocycles. The number of amides is 1. The number of carbonyl (C=O) groups excluding carboxylic acids is 3. The number of rotatable bonds is 10. The number of benzene rings is 3. The van der Waals surface area contributed by atoms with Crippen molar-refractivity contribution in [1.29, 1.82) is 0 Å². The second-order valence-corrected chi connectivity index (χ2v) is 10.9. The monoisotopic (exact) mass is 557 g/mol. The maximum absolute atomic E-state index is 13.2. The highest BCUT2D eigenvalue weighted by Gasteiger charge is 2.42. The maximum Gasteiger partial charge on any atom is 0.408 e. The van der Waals surface area contributed by atoms with Gasteiger partial charge < -0.3 is 24.6 Å². The zero-order chi connectivity index (χ0) is 29.4. The molecule has 2 N–H and O–H groups in total. The van der Waals surface area contributed by atoms with Crippen molar-refractivity contribution in [2.75, 3.05) is 0 Å². The van der Waals surface area contributed by atoms with Gasteiger partial charge in [0.1, 0.15) is 29.3 Å². The van der Waals surface area contributed by atoms with Crippen LogP contribution in [0.2, 0.25) is 0 Å². The van der Waals surface area contributed by atoms with Crippen LogP contribution in [-0.4, -0.2) is 40.7 Å². The van der Waals surface area contributed by atoms with Crippen LogP contribution in [0.4, 0.5) is 4.79 Å². The molecular formula is C33H35NO7. The minimum Gasteiger partial charge on any atom is -0.509 e. The fourth-order valence-electron chi connectivity index (χ4n) is 4.40. The van der Waals surface area contributed by atoms with Crippen LogP contribution in [0.25, 0.3) is 0 Å². The molecule has 0 radical (unpaired) electrons. The van der Waals surface area contributed by atoms with Crippen molar-refractivity contribution in [1.82, 2.24) is 5.32 Å². The highest BCUT2D eigenvalue weighted by molar-refractivity contribution is 6.23. The zero-order valence-electron chi connectivity index (χ0n) is 23.5. The van der Waals surface area contributed by atoms with Gasteiger partial charge in [0.2, 0.25) is 5.78 Å². The lowest BCUT2D eigenvalue weighted by molar-refractivity contribution is -0.141. The zero-order valence-corrected chi connectivity index (χ0v) is 23.5. The molecule has 0 bridgehead atoms. The summed E-state index contributed by atoms with van der Waals surface area (Å²) in [4.78, 5) is 38.5. The van der Waals surface area contributed by atoms with Crippen molar-refractivity contribution in [2.45, 2.75) is 64.4 Å². The van der Waals surface area contributed by atoms with Crippen LogP contribution in [0.5, 0.6) is 5.75 Å². The molecule has 8 heteroatoms. The van der Waals surface area contributed by atoms with Gasteiger partial charge in [-0.15, -0.1) is 0 Å². The minimum absolute atomic E-state index is 0.0861. The van der Waals surface area contributed by atoms with Crippen molar-refractivity contribution in [2.24, 2.45) is 0 Å². The molecule has 2 atom stereocenters. The minimum atomic E-state index is -1.11. The number of aliphatic hydroxyl groups is 1. The average molecular weight is 558 g/mol. The van der Waals surface area contributed by atoms with Gasteiger partial charge in [-0.1, -0.05) is 72.8 Å². The first kappa shape index (κ1) is 29.4. The third-order valence-corrected chi connectivity index (χ3v) is 6.42. The Morgan fingerprint density at radius 1 is 0.902 bits per heavy atom. The normalized spacial score (nSPS) is 17.0. The predicted molar refractivity (Wildman–Crippen MR) is 153 cm³/mol. The van der Waals surface area contributed by atoms with Gasteiger partial charge >= 0.3 is 12.1 Å². The molecule has 1 saturated heterocycles. The molecule has 1 aliphatic rings. The van der Waals surface area contributed by atoms with Crippen LogP contribution < -0.4 is 10.1 Å². The fourth-order valence-corrected chi connectivity index (χ4v) is 4.40. The fraction of sp³-hybridized carbons (Fsp3) is 0.303. The highest BCUT2D eigenvalue weighted by Crippen LogP contribution is 2.26. The van der Waals surface area contributed by atoms with Crippen LogP contribution in [0.15, 0.2) is 96.3 Å². The third kappa shape index (κ3) is 8.45. The van der Waals surface area contributed by atoms with Gasteiger partial charge in [-0.25, -0.2) is 9.59 Å². The molecule has 3 aromatic carbocycles. The Balaban J connectivity index is 1.50. The molecule has 41 heavy (non-hydrogen) atoms. The van der Waals surface area contributed by atoms with E-state index >= 15 is 0 Å². The number of ketones is 1.